The first-order valence-electron chi connectivity index (χ1n) is 34.6. The minimum Gasteiger partial charge on any atom is -0.507 e. The van der Waals surface area contributed by atoms with Crippen LogP contribution in [0.25, 0.3) is 0 Å². The summed E-state index contributed by atoms with van der Waals surface area (Å²) in [6, 6.07) is 37.7. The number of sulfone groups is 3. The molecule has 5 N–H and O–H groups in total. The molecule has 0 heterocycles. The van der Waals surface area contributed by atoms with Crippen LogP contribution in [-0.4, -0.2) is 77.4 Å². The third-order valence-electron chi connectivity index (χ3n) is 26.6. The third kappa shape index (κ3) is 10.2. The number of aromatic hydroxyl groups is 4. The summed E-state index contributed by atoms with van der Waals surface area (Å²) in [6.45, 7) is 0. The number of phenols is 4. The predicted molar refractivity (Wildman–Crippen MR) is 366 cm³/mol. The minimum absolute atomic E-state index is 0.0512. The second-order valence-corrected chi connectivity index (χ2v) is 40.6. The summed E-state index contributed by atoms with van der Waals surface area (Å²) in [5.74, 6) is 2.01. The zero-order valence-corrected chi connectivity index (χ0v) is 58.0. The molecule has 13 nitrogen and oxygen atoms in total. The Hall–Kier alpha value is -6.50. The van der Waals surface area contributed by atoms with Gasteiger partial charge in [-0.1, -0.05) is 72.8 Å². The van der Waals surface area contributed by atoms with Crippen molar-refractivity contribution in [2.45, 2.75) is 193 Å². The highest BCUT2D eigenvalue weighted by molar-refractivity contribution is 7.91. The first kappa shape index (κ1) is 63.0. The van der Waals surface area contributed by atoms with Crippen LogP contribution in [0, 0.1) is 35.5 Å². The number of hydrogen-bond donors (Lipinski definition) is 5. The molecule has 0 aliphatic heterocycles. The molecule has 0 aromatic heterocycles. The van der Waals surface area contributed by atoms with Crippen LogP contribution in [0.1, 0.15) is 193 Å². The van der Waals surface area contributed by atoms with E-state index in [0.29, 0.717) is 68.9 Å². The van der Waals surface area contributed by atoms with Crippen LogP contribution in [-0.2, 0) is 97.8 Å². The van der Waals surface area contributed by atoms with E-state index in [2.05, 4.69) is 24.3 Å². The molecular formula is C79H84O13S4. The van der Waals surface area contributed by atoms with Gasteiger partial charge in [0.1, 0.15) is 23.0 Å². The lowest BCUT2D eigenvalue weighted by atomic mass is 9.41. The van der Waals surface area contributed by atoms with E-state index in [9.17, 15) is 58.7 Å². The molecule has 0 radical (unpaired) electrons. The Bertz CT molecular complexity index is 4690. The minimum atomic E-state index is -4.89. The van der Waals surface area contributed by atoms with Crippen molar-refractivity contribution in [3.63, 3.8) is 0 Å². The molecule has 20 bridgehead atoms. The maximum atomic E-state index is 13.6. The fourth-order valence-corrected chi connectivity index (χ4v) is 26.4. The summed E-state index contributed by atoms with van der Waals surface area (Å²) >= 11 is 0. The molecule has 0 saturated heterocycles. The van der Waals surface area contributed by atoms with Gasteiger partial charge in [-0.3, -0.25) is 4.55 Å². The van der Waals surface area contributed by atoms with Crippen LogP contribution in [0.5, 0.6) is 23.0 Å². The Morgan fingerprint density at radius 2 is 0.469 bits per heavy atom. The molecule has 7 aromatic rings. The van der Waals surface area contributed by atoms with Crippen molar-refractivity contribution in [1.29, 1.82) is 0 Å². The van der Waals surface area contributed by atoms with Crippen molar-refractivity contribution < 1.29 is 58.7 Å². The predicted octanol–water partition coefficient (Wildman–Crippen LogP) is 14.0. The smallest absolute Gasteiger partial charge is 0.294 e. The fraction of sp³-hybridized carbons (Fsp3) is 0.468. The molecule has 13 aliphatic rings. The van der Waals surface area contributed by atoms with E-state index in [0.717, 1.165) is 149 Å². The Balaban J connectivity index is 0.853. The van der Waals surface area contributed by atoms with E-state index < -0.39 is 44.5 Å². The van der Waals surface area contributed by atoms with Gasteiger partial charge in [0, 0.05) is 55.6 Å². The Morgan fingerprint density at radius 3 is 0.656 bits per heavy atom. The molecule has 20 rings (SSSR count). The molecule has 0 amide bonds. The van der Waals surface area contributed by atoms with Gasteiger partial charge < -0.3 is 20.4 Å². The SMILES string of the molecule is CS(=O)(=O)c1ccc(C23C[C@H]4C[C@@H](C2)CC(c2cc5c(O)c(c2)Cc2cc(C67C[C@@H]8C[C@@H](CC(c9ccc(S(C)(=O)=O)cc9)(C8)C6)C7)cc(c2O)Cc2cc(S(=O)(=O)O)cc(c2O)Cc2cc(C67C[C@@H]8C[C@@H](CC(c9ccc(S(C)(=O)=O)cc9)(C8)C6)C7)cc(c2O)C5)(C4)C3)cc1. The van der Waals surface area contributed by atoms with E-state index in [1.54, 1.807) is 36.4 Å². The van der Waals surface area contributed by atoms with Crippen LogP contribution in [0.3, 0.4) is 0 Å². The van der Waals surface area contributed by atoms with E-state index in [1.165, 1.54) is 30.9 Å². The highest BCUT2D eigenvalue weighted by Gasteiger charge is 2.62. The molecular weight excluding hydrogens is 1290 g/mol. The standard InChI is InChI=1S/C79H84O13S4/c1-93(84,85)66-10-4-60(5-11-66)74-31-46-16-47(32-74)38-77(37-46,43-74)63-23-52-19-54-25-64(78-39-48-17-49(40-78)34-75(33-48,44-78)61-6-12-67(13-7-61)94(2,86)87)27-56(71(54)81)21-58-29-69(96(90,91)92)30-59(73(58)83)22-57-28-65(26-55(72(57)82)20-53(24-63)70(52)80)79-41-50-18-51(42-79)36-76(35-50,45-79)62-8-14-68(15-9-62)95(3,88)89/h4-15,23-30,46-51,80-83H,16-22,31-45H2,1-3H3,(H,90,91,92)/t46-,47+,48-,49+,50-,51+,74?,75?,76?,77?,78?,79?. The number of hydrogen-bond acceptors (Lipinski definition) is 12. The summed E-state index contributed by atoms with van der Waals surface area (Å²) in [4.78, 5) is 0.398. The fourth-order valence-electron chi connectivity index (χ4n) is 24.0. The van der Waals surface area contributed by atoms with Crippen LogP contribution < -0.4 is 0 Å². The van der Waals surface area contributed by atoms with Crippen molar-refractivity contribution in [3.8, 4) is 23.0 Å². The maximum Gasteiger partial charge on any atom is 0.294 e. The number of rotatable bonds is 10. The van der Waals surface area contributed by atoms with E-state index in [4.69, 9.17) is 0 Å². The van der Waals surface area contributed by atoms with Gasteiger partial charge in [-0.25, -0.2) is 25.3 Å². The molecule has 12 saturated carbocycles. The van der Waals surface area contributed by atoms with Crippen molar-refractivity contribution in [3.05, 3.63) is 199 Å². The largest absolute Gasteiger partial charge is 0.507 e. The topological polar surface area (TPSA) is 238 Å². The highest BCUT2D eigenvalue weighted by Crippen LogP contribution is 2.70. The Kier molecular flexibility index (Phi) is 13.8. The van der Waals surface area contributed by atoms with E-state index in [-0.39, 0.29) is 107 Å². The van der Waals surface area contributed by atoms with E-state index >= 15 is 0 Å². The van der Waals surface area contributed by atoms with Gasteiger partial charge in [0.05, 0.1) is 19.6 Å². The molecule has 0 spiro atoms. The summed E-state index contributed by atoms with van der Waals surface area (Å²) in [5.41, 5.74) is 8.20. The molecule has 12 fully saturated rings. The van der Waals surface area contributed by atoms with Crippen molar-refractivity contribution in [1.82, 2.24) is 0 Å². The van der Waals surface area contributed by atoms with Gasteiger partial charge in [-0.05, 0) is 299 Å². The van der Waals surface area contributed by atoms with Crippen molar-refractivity contribution in [2.75, 3.05) is 18.8 Å². The van der Waals surface area contributed by atoms with Crippen LogP contribution in [0.15, 0.2) is 141 Å². The van der Waals surface area contributed by atoms with Gasteiger partial charge in [0.15, 0.2) is 29.5 Å². The second kappa shape index (κ2) is 21.0. The zero-order valence-electron chi connectivity index (χ0n) is 54.7. The Labute approximate surface area is 564 Å². The molecule has 17 heteroatoms. The van der Waals surface area contributed by atoms with Crippen molar-refractivity contribution >= 4 is 39.6 Å². The van der Waals surface area contributed by atoms with E-state index in [1.807, 2.05) is 48.5 Å². The normalized spacial score (nSPS) is 32.4. The summed E-state index contributed by atoms with van der Waals surface area (Å²) in [5, 5.41) is 52.5. The highest BCUT2D eigenvalue weighted by atomic mass is 32.2. The van der Waals surface area contributed by atoms with Crippen molar-refractivity contribution in [2.24, 2.45) is 35.5 Å². The maximum absolute atomic E-state index is 13.6. The first-order chi connectivity index (χ1) is 45.3. The molecule has 6 unspecified atom stereocenters. The third-order valence-corrected chi connectivity index (χ3v) is 30.8. The molecule has 13 aliphatic carbocycles. The molecule has 7 aromatic carbocycles. The first-order valence-corrected chi connectivity index (χ1v) is 41.7. The number of benzene rings is 7. The van der Waals surface area contributed by atoms with Crippen LogP contribution >= 0.6 is 0 Å². The molecule has 502 valence electrons. The van der Waals surface area contributed by atoms with Gasteiger partial charge in [-0.15, -0.1) is 0 Å². The molecule has 96 heavy (non-hydrogen) atoms. The average Bonchev–Trinajstić information content (AvgIpc) is 0.715. The zero-order chi connectivity index (χ0) is 66.9. The average molecular weight is 1370 g/mol. The van der Waals surface area contributed by atoms with Crippen LogP contribution in [0.4, 0.5) is 0 Å². The van der Waals surface area contributed by atoms with Gasteiger partial charge in [0.2, 0.25) is 0 Å². The second-order valence-electron chi connectivity index (χ2n) is 33.2. The lowest BCUT2D eigenvalue weighted by Crippen LogP contribution is -2.56. The number of phenolic OH excluding ortho intramolecular Hbond substituents is 4. The van der Waals surface area contributed by atoms with Gasteiger partial charge >= 0.3 is 0 Å². The molecule has 12 atom stereocenters. The van der Waals surface area contributed by atoms with Gasteiger partial charge in [0.25, 0.3) is 10.1 Å². The summed E-state index contributed by atoms with van der Waals surface area (Å²) in [7, 11) is -15.2. The van der Waals surface area contributed by atoms with Crippen LogP contribution in [0.2, 0.25) is 0 Å². The quantitative estimate of drug-likeness (QED) is 0.0802. The monoisotopic (exact) mass is 1370 g/mol. The summed E-state index contributed by atoms with van der Waals surface area (Å²) in [6.07, 6.45) is 20.5. The number of fused-ring (bicyclic) bond motifs is 8. The lowest BCUT2D eigenvalue weighted by molar-refractivity contribution is -0.0283. The Morgan fingerprint density at radius 1 is 0.281 bits per heavy atom. The van der Waals surface area contributed by atoms with Gasteiger partial charge in [-0.2, -0.15) is 8.42 Å². The lowest BCUT2D eigenvalue weighted by Gasteiger charge is -2.63. The summed E-state index contributed by atoms with van der Waals surface area (Å²) < 4.78 is 115.